The fraction of sp³-hybridized carbons (Fsp3) is 0.684. The molecule has 2 atom stereocenters. The maximum atomic E-state index is 13.0. The molecule has 2 aliphatic carbocycles. The number of halogens is 3. The minimum Gasteiger partial charge on any atom is -0.274 e. The first-order valence-corrected chi connectivity index (χ1v) is 9.27. The van der Waals surface area contributed by atoms with Gasteiger partial charge in [-0.2, -0.15) is 13.2 Å². The molecule has 1 aromatic heterocycles. The Morgan fingerprint density at radius 1 is 1.04 bits per heavy atom. The van der Waals surface area contributed by atoms with E-state index in [9.17, 15) is 18.0 Å². The standard InChI is InChI=1S/C19H25F3N2O/c20-19(21,22)15-8-6-7-14(13-15)18(25)24-12-5-4-11-17(24)23-16-9-2-1-3-10-16/h4-5,11-12,14-16H,1-3,6-10,13H2. The minimum absolute atomic E-state index is 0.104. The van der Waals surface area contributed by atoms with E-state index in [1.54, 1.807) is 18.3 Å². The van der Waals surface area contributed by atoms with Crippen molar-refractivity contribution in [3.8, 4) is 0 Å². The lowest BCUT2D eigenvalue weighted by molar-refractivity contribution is -0.184. The number of hydrogen-bond donors (Lipinski definition) is 0. The van der Waals surface area contributed by atoms with E-state index in [1.165, 1.54) is 11.0 Å². The molecule has 3 nitrogen and oxygen atoms in total. The molecule has 2 unspecified atom stereocenters. The van der Waals surface area contributed by atoms with Gasteiger partial charge in [-0.3, -0.25) is 14.4 Å². The summed E-state index contributed by atoms with van der Waals surface area (Å²) < 4.78 is 40.6. The Morgan fingerprint density at radius 2 is 1.80 bits per heavy atom. The number of pyridine rings is 1. The molecule has 0 saturated heterocycles. The second-order valence-electron chi connectivity index (χ2n) is 7.29. The third kappa shape index (κ3) is 4.53. The number of hydrogen-bond acceptors (Lipinski definition) is 2. The van der Waals surface area contributed by atoms with Crippen LogP contribution in [0.2, 0.25) is 0 Å². The normalized spacial score (nSPS) is 26.6. The molecule has 0 spiro atoms. The summed E-state index contributed by atoms with van der Waals surface area (Å²) in [5, 5.41) is 0. The highest BCUT2D eigenvalue weighted by molar-refractivity contribution is 5.81. The van der Waals surface area contributed by atoms with Crippen LogP contribution in [0.15, 0.2) is 29.4 Å². The highest BCUT2D eigenvalue weighted by Gasteiger charge is 2.43. The molecule has 0 radical (unpaired) electrons. The average Bonchev–Trinajstić information content (AvgIpc) is 2.62. The van der Waals surface area contributed by atoms with Crippen molar-refractivity contribution < 1.29 is 18.0 Å². The number of rotatable bonds is 2. The Labute approximate surface area is 146 Å². The van der Waals surface area contributed by atoms with Crippen LogP contribution in [-0.4, -0.2) is 22.7 Å². The van der Waals surface area contributed by atoms with E-state index >= 15 is 0 Å². The Bertz CT molecular complexity index is 659. The van der Waals surface area contributed by atoms with Gasteiger partial charge in [-0.1, -0.05) is 31.7 Å². The molecule has 1 heterocycles. The zero-order chi connectivity index (χ0) is 17.9. The van der Waals surface area contributed by atoms with E-state index < -0.39 is 18.0 Å². The highest BCUT2D eigenvalue weighted by Crippen LogP contribution is 2.40. The minimum atomic E-state index is -4.21. The fourth-order valence-electron chi connectivity index (χ4n) is 4.03. The van der Waals surface area contributed by atoms with Gasteiger partial charge in [0.05, 0.1) is 12.0 Å². The van der Waals surface area contributed by atoms with Crippen LogP contribution in [0.4, 0.5) is 13.2 Å². The maximum absolute atomic E-state index is 13.0. The SMILES string of the molecule is O=C(C1CCCC(C(F)(F)F)C1)n1ccccc1=NC1CCCCC1. The Balaban J connectivity index is 1.81. The summed E-state index contributed by atoms with van der Waals surface area (Å²) in [5.41, 5.74) is 0.577. The molecule has 0 aromatic carbocycles. The molecule has 0 aliphatic heterocycles. The van der Waals surface area contributed by atoms with Gasteiger partial charge in [0.25, 0.3) is 0 Å². The molecule has 25 heavy (non-hydrogen) atoms. The van der Waals surface area contributed by atoms with E-state index in [0.29, 0.717) is 18.3 Å². The van der Waals surface area contributed by atoms with Crippen LogP contribution < -0.4 is 5.49 Å². The van der Waals surface area contributed by atoms with Crippen molar-refractivity contribution in [3.63, 3.8) is 0 Å². The molecule has 0 N–H and O–H groups in total. The van der Waals surface area contributed by atoms with E-state index in [-0.39, 0.29) is 24.8 Å². The molecule has 138 valence electrons. The lowest BCUT2D eigenvalue weighted by atomic mass is 9.80. The smallest absolute Gasteiger partial charge is 0.274 e. The summed E-state index contributed by atoms with van der Waals surface area (Å²) in [7, 11) is 0. The second kappa shape index (κ2) is 7.75. The van der Waals surface area contributed by atoms with Crippen molar-refractivity contribution in [1.29, 1.82) is 0 Å². The zero-order valence-electron chi connectivity index (χ0n) is 14.3. The van der Waals surface area contributed by atoms with Crippen LogP contribution in [0.25, 0.3) is 0 Å². The molecule has 0 amide bonds. The second-order valence-corrected chi connectivity index (χ2v) is 7.29. The van der Waals surface area contributed by atoms with Gasteiger partial charge in [0.15, 0.2) is 0 Å². The largest absolute Gasteiger partial charge is 0.391 e. The van der Waals surface area contributed by atoms with Gasteiger partial charge < -0.3 is 0 Å². The van der Waals surface area contributed by atoms with Gasteiger partial charge >= 0.3 is 6.18 Å². The van der Waals surface area contributed by atoms with Gasteiger partial charge in [0.2, 0.25) is 5.91 Å². The van der Waals surface area contributed by atoms with Crippen LogP contribution >= 0.6 is 0 Å². The van der Waals surface area contributed by atoms with Crippen LogP contribution in [0.3, 0.4) is 0 Å². The first kappa shape index (κ1) is 18.2. The molecule has 2 fully saturated rings. The van der Waals surface area contributed by atoms with Gasteiger partial charge in [0, 0.05) is 12.1 Å². The predicted octanol–water partition coefficient (Wildman–Crippen LogP) is 4.73. The maximum Gasteiger partial charge on any atom is 0.391 e. The van der Waals surface area contributed by atoms with Crippen molar-refractivity contribution >= 4 is 5.91 Å². The summed E-state index contributed by atoms with van der Waals surface area (Å²) >= 11 is 0. The van der Waals surface area contributed by atoms with Crippen molar-refractivity contribution in [2.45, 2.75) is 70.0 Å². The van der Waals surface area contributed by atoms with Crippen molar-refractivity contribution in [2.24, 2.45) is 16.8 Å². The lowest BCUT2D eigenvalue weighted by Crippen LogP contribution is -2.37. The molecule has 3 rings (SSSR count). The average molecular weight is 354 g/mol. The van der Waals surface area contributed by atoms with E-state index in [0.717, 1.165) is 25.7 Å². The Hall–Kier alpha value is -1.59. The number of carbonyl (C=O) groups excluding carboxylic acids is 1. The zero-order valence-corrected chi connectivity index (χ0v) is 14.3. The van der Waals surface area contributed by atoms with Crippen molar-refractivity contribution in [3.05, 3.63) is 29.9 Å². The number of aromatic nitrogens is 1. The quantitative estimate of drug-likeness (QED) is 0.756. The fourth-order valence-corrected chi connectivity index (χ4v) is 4.03. The third-order valence-corrected chi connectivity index (χ3v) is 5.45. The van der Waals surface area contributed by atoms with E-state index in [2.05, 4.69) is 0 Å². The van der Waals surface area contributed by atoms with E-state index in [1.807, 2.05) is 6.07 Å². The number of alkyl halides is 3. The van der Waals surface area contributed by atoms with E-state index in [4.69, 9.17) is 4.99 Å². The topological polar surface area (TPSA) is 34.4 Å². The van der Waals surface area contributed by atoms with Crippen molar-refractivity contribution in [2.75, 3.05) is 0 Å². The Morgan fingerprint density at radius 3 is 2.52 bits per heavy atom. The highest BCUT2D eigenvalue weighted by atomic mass is 19.4. The van der Waals surface area contributed by atoms with Gasteiger partial charge in [-0.25, -0.2) is 0 Å². The van der Waals surface area contributed by atoms with Crippen LogP contribution in [0.1, 0.15) is 62.6 Å². The first-order chi connectivity index (χ1) is 11.9. The molecule has 0 bridgehead atoms. The summed E-state index contributed by atoms with van der Waals surface area (Å²) in [4.78, 5) is 17.6. The molecular formula is C19H25F3N2O. The Kier molecular flexibility index (Phi) is 5.64. The van der Waals surface area contributed by atoms with Crippen molar-refractivity contribution in [1.82, 2.24) is 4.57 Å². The van der Waals surface area contributed by atoms with Gasteiger partial charge in [-0.05, 0) is 44.2 Å². The number of carbonyl (C=O) groups is 1. The molecule has 2 saturated carbocycles. The van der Waals surface area contributed by atoms with Gasteiger partial charge in [0.1, 0.15) is 5.49 Å². The molecular weight excluding hydrogens is 329 g/mol. The summed E-state index contributed by atoms with van der Waals surface area (Å²) in [6.07, 6.45) is 3.97. The molecule has 2 aliphatic rings. The summed E-state index contributed by atoms with van der Waals surface area (Å²) in [5.74, 6) is -2.18. The lowest BCUT2D eigenvalue weighted by Gasteiger charge is -2.30. The van der Waals surface area contributed by atoms with Crippen LogP contribution in [0.5, 0.6) is 0 Å². The number of nitrogens with zero attached hydrogens (tertiary/aromatic N) is 2. The first-order valence-electron chi connectivity index (χ1n) is 9.27. The molecule has 6 heteroatoms. The molecule has 1 aromatic rings. The third-order valence-electron chi connectivity index (χ3n) is 5.45. The van der Waals surface area contributed by atoms with Crippen LogP contribution in [-0.2, 0) is 0 Å². The van der Waals surface area contributed by atoms with Gasteiger partial charge in [-0.15, -0.1) is 0 Å². The summed E-state index contributed by atoms with van der Waals surface area (Å²) in [6.45, 7) is 0. The predicted molar refractivity (Wildman–Crippen MR) is 89.0 cm³/mol. The monoisotopic (exact) mass is 354 g/mol. The van der Waals surface area contributed by atoms with Crippen LogP contribution in [0, 0.1) is 11.8 Å². The summed E-state index contributed by atoms with van der Waals surface area (Å²) in [6, 6.07) is 5.56.